The Morgan fingerprint density at radius 1 is 1.38 bits per heavy atom. The zero-order chi connectivity index (χ0) is 12.9. The van der Waals surface area contributed by atoms with Crippen molar-refractivity contribution in [3.05, 3.63) is 0 Å². The number of carbonyl (C=O) groups excluding carboxylic acids is 1. The molecule has 16 heavy (non-hydrogen) atoms. The molecule has 0 bridgehead atoms. The van der Waals surface area contributed by atoms with Gasteiger partial charge in [-0.2, -0.15) is 0 Å². The fourth-order valence-electron chi connectivity index (χ4n) is 1.75. The summed E-state index contributed by atoms with van der Waals surface area (Å²) in [5, 5.41) is 8.68. The summed E-state index contributed by atoms with van der Waals surface area (Å²) in [5.74, 6) is -1.27. The molecule has 3 N–H and O–H groups in total. The van der Waals surface area contributed by atoms with E-state index in [2.05, 4.69) is 0 Å². The lowest BCUT2D eigenvalue weighted by molar-refractivity contribution is -0.139. The summed E-state index contributed by atoms with van der Waals surface area (Å²) in [7, 11) is 0. The van der Waals surface area contributed by atoms with Crippen LogP contribution >= 0.6 is 0 Å². The van der Waals surface area contributed by atoms with Gasteiger partial charge in [0.2, 0.25) is 5.91 Å². The van der Waals surface area contributed by atoms with Crippen LogP contribution < -0.4 is 5.73 Å². The van der Waals surface area contributed by atoms with E-state index < -0.39 is 17.9 Å². The van der Waals surface area contributed by atoms with E-state index in [4.69, 9.17) is 10.8 Å². The molecule has 0 spiro atoms. The molecule has 0 aromatic carbocycles. The number of amides is 1. The maximum atomic E-state index is 11.3. The number of nitrogens with zero attached hydrogens (tertiary/aromatic N) is 1. The molecular weight excluding hydrogens is 208 g/mol. The minimum atomic E-state index is -0.867. The van der Waals surface area contributed by atoms with Crippen molar-refractivity contribution in [1.82, 2.24) is 4.90 Å². The van der Waals surface area contributed by atoms with Gasteiger partial charge in [-0.15, -0.1) is 0 Å². The smallest absolute Gasteiger partial charge is 0.304 e. The molecule has 0 aliphatic rings. The zero-order valence-electron chi connectivity index (χ0n) is 10.5. The van der Waals surface area contributed by atoms with Gasteiger partial charge in [-0.25, -0.2) is 0 Å². The molecule has 1 amide bonds. The Morgan fingerprint density at radius 2 is 1.88 bits per heavy atom. The molecule has 0 aromatic rings. The van der Waals surface area contributed by atoms with Crippen molar-refractivity contribution >= 4 is 11.9 Å². The number of rotatable bonds is 6. The number of carbonyl (C=O) groups is 2. The van der Waals surface area contributed by atoms with E-state index in [1.54, 1.807) is 0 Å². The first-order valence-electron chi connectivity index (χ1n) is 5.48. The predicted molar refractivity (Wildman–Crippen MR) is 62.0 cm³/mol. The molecule has 0 heterocycles. The summed E-state index contributed by atoms with van der Waals surface area (Å²) in [6.45, 7) is 8.04. The van der Waals surface area contributed by atoms with E-state index in [1.807, 2.05) is 32.6 Å². The van der Waals surface area contributed by atoms with Crippen molar-refractivity contribution in [2.45, 2.75) is 52.1 Å². The highest BCUT2D eigenvalue weighted by Gasteiger charge is 2.31. The Hall–Kier alpha value is -1.10. The minimum Gasteiger partial charge on any atom is -0.481 e. The Kier molecular flexibility index (Phi) is 5.44. The number of primary amides is 1. The monoisotopic (exact) mass is 230 g/mol. The third-order valence-electron chi connectivity index (χ3n) is 2.52. The Bertz CT molecular complexity index is 258. The molecule has 0 radical (unpaired) electrons. The highest BCUT2D eigenvalue weighted by atomic mass is 16.4. The fraction of sp³-hybridized carbons (Fsp3) is 0.818. The van der Waals surface area contributed by atoms with Crippen molar-refractivity contribution < 1.29 is 14.7 Å². The topological polar surface area (TPSA) is 83.6 Å². The Labute approximate surface area is 96.6 Å². The van der Waals surface area contributed by atoms with Crippen LogP contribution in [0.4, 0.5) is 0 Å². The highest BCUT2D eigenvalue weighted by molar-refractivity contribution is 5.80. The average Bonchev–Trinajstić information content (AvgIpc) is 2.08. The van der Waals surface area contributed by atoms with Crippen molar-refractivity contribution in [1.29, 1.82) is 0 Å². The summed E-state index contributed by atoms with van der Waals surface area (Å²) >= 11 is 0. The lowest BCUT2D eigenvalue weighted by Gasteiger charge is -2.39. The van der Waals surface area contributed by atoms with E-state index in [1.165, 1.54) is 0 Å². The molecule has 0 aliphatic heterocycles. The normalized spacial score (nSPS) is 13.8. The molecule has 0 fully saturated rings. The van der Waals surface area contributed by atoms with Gasteiger partial charge in [0.15, 0.2) is 0 Å². The third-order valence-corrected chi connectivity index (χ3v) is 2.52. The van der Waals surface area contributed by atoms with E-state index in [-0.39, 0.29) is 12.0 Å². The second kappa shape index (κ2) is 5.84. The first-order valence-corrected chi connectivity index (χ1v) is 5.48. The van der Waals surface area contributed by atoms with E-state index in [0.717, 1.165) is 0 Å². The number of aliphatic carboxylic acids is 1. The van der Waals surface area contributed by atoms with Crippen LogP contribution in [0.1, 0.15) is 40.5 Å². The van der Waals surface area contributed by atoms with Crippen LogP contribution in [-0.4, -0.2) is 40.0 Å². The number of nitrogens with two attached hydrogens (primary N) is 1. The average molecular weight is 230 g/mol. The second-order valence-corrected chi connectivity index (χ2v) is 4.83. The molecule has 1 unspecified atom stereocenters. The van der Waals surface area contributed by atoms with Crippen molar-refractivity contribution in [2.24, 2.45) is 5.73 Å². The number of carboxylic acids is 1. The second-order valence-electron chi connectivity index (χ2n) is 4.83. The number of carboxylic acid groups (broad SMARTS) is 1. The SMILES string of the molecule is CCC(C(N)=O)N(CCC(=O)O)C(C)(C)C. The molecule has 0 saturated carbocycles. The molecule has 5 nitrogen and oxygen atoms in total. The summed E-state index contributed by atoms with van der Waals surface area (Å²) in [5.41, 5.74) is 5.05. The quantitative estimate of drug-likeness (QED) is 0.707. The maximum absolute atomic E-state index is 11.3. The molecule has 1 atom stereocenters. The summed E-state index contributed by atoms with van der Waals surface area (Å²) in [6, 6.07) is -0.403. The van der Waals surface area contributed by atoms with Gasteiger partial charge in [-0.1, -0.05) is 6.92 Å². The van der Waals surface area contributed by atoms with Crippen LogP contribution in [0, 0.1) is 0 Å². The molecule has 94 valence electrons. The summed E-state index contributed by atoms with van der Waals surface area (Å²) in [4.78, 5) is 23.7. The van der Waals surface area contributed by atoms with E-state index in [9.17, 15) is 9.59 Å². The van der Waals surface area contributed by atoms with Crippen LogP contribution in [-0.2, 0) is 9.59 Å². The standard InChI is InChI=1S/C11H22N2O3/c1-5-8(10(12)16)13(11(2,3)4)7-6-9(14)15/h8H,5-7H2,1-4H3,(H2,12,16)(H,14,15). The third kappa shape index (κ3) is 4.61. The predicted octanol–water partition coefficient (Wildman–Crippen LogP) is 0.825. The van der Waals surface area contributed by atoms with Gasteiger partial charge in [0.05, 0.1) is 12.5 Å². The van der Waals surface area contributed by atoms with Gasteiger partial charge in [-0.05, 0) is 27.2 Å². The van der Waals surface area contributed by atoms with E-state index >= 15 is 0 Å². The Morgan fingerprint density at radius 3 is 2.12 bits per heavy atom. The number of hydrogen-bond acceptors (Lipinski definition) is 3. The van der Waals surface area contributed by atoms with Crippen molar-refractivity contribution in [3.63, 3.8) is 0 Å². The van der Waals surface area contributed by atoms with Gasteiger partial charge in [0.1, 0.15) is 0 Å². The van der Waals surface area contributed by atoms with Gasteiger partial charge in [0, 0.05) is 12.1 Å². The summed E-state index contributed by atoms with van der Waals surface area (Å²) in [6.07, 6.45) is 0.604. The Balaban J connectivity index is 4.78. The van der Waals surface area contributed by atoms with Gasteiger partial charge >= 0.3 is 5.97 Å². The largest absolute Gasteiger partial charge is 0.481 e. The molecule has 0 aromatic heterocycles. The molecule has 0 rings (SSSR count). The molecular formula is C11H22N2O3. The van der Waals surface area contributed by atoms with Crippen LogP contribution in [0.5, 0.6) is 0 Å². The zero-order valence-corrected chi connectivity index (χ0v) is 10.5. The lowest BCUT2D eigenvalue weighted by Crippen LogP contribution is -2.53. The lowest BCUT2D eigenvalue weighted by atomic mass is 10.0. The summed E-state index contributed by atoms with van der Waals surface area (Å²) < 4.78 is 0. The molecule has 0 saturated heterocycles. The van der Waals surface area contributed by atoms with Crippen LogP contribution in [0.15, 0.2) is 0 Å². The van der Waals surface area contributed by atoms with Crippen molar-refractivity contribution in [2.75, 3.05) is 6.54 Å². The first-order chi connectivity index (χ1) is 7.20. The maximum Gasteiger partial charge on any atom is 0.304 e. The highest BCUT2D eigenvalue weighted by Crippen LogP contribution is 2.19. The van der Waals surface area contributed by atoms with Gasteiger partial charge in [-0.3, -0.25) is 14.5 Å². The van der Waals surface area contributed by atoms with Crippen LogP contribution in [0.25, 0.3) is 0 Å². The van der Waals surface area contributed by atoms with Crippen LogP contribution in [0.2, 0.25) is 0 Å². The van der Waals surface area contributed by atoms with Crippen molar-refractivity contribution in [3.8, 4) is 0 Å². The van der Waals surface area contributed by atoms with Gasteiger partial charge in [0.25, 0.3) is 0 Å². The van der Waals surface area contributed by atoms with E-state index in [0.29, 0.717) is 13.0 Å². The molecule has 5 heteroatoms. The molecule has 0 aliphatic carbocycles. The first kappa shape index (κ1) is 14.9. The minimum absolute atomic E-state index is 0.0149. The fourth-order valence-corrected chi connectivity index (χ4v) is 1.75. The van der Waals surface area contributed by atoms with Crippen LogP contribution in [0.3, 0.4) is 0 Å². The number of hydrogen-bond donors (Lipinski definition) is 2. The van der Waals surface area contributed by atoms with Gasteiger partial charge < -0.3 is 10.8 Å².